The van der Waals surface area contributed by atoms with E-state index in [2.05, 4.69) is 4.98 Å². The van der Waals surface area contributed by atoms with Crippen LogP contribution in [-0.4, -0.2) is 26.1 Å². The lowest BCUT2D eigenvalue weighted by Crippen LogP contribution is -2.41. The number of fused-ring (bicyclic) bond motifs is 1. The van der Waals surface area contributed by atoms with Gasteiger partial charge in [-0.3, -0.25) is 4.31 Å². The third-order valence-corrected chi connectivity index (χ3v) is 4.73. The van der Waals surface area contributed by atoms with Crippen LogP contribution >= 0.6 is 0 Å². The maximum atomic E-state index is 12.6. The largest absolute Gasteiger partial charge is 0.471 e. The fraction of sp³-hybridized carbons (Fsp3) is 0.188. The highest BCUT2D eigenvalue weighted by Gasteiger charge is 2.30. The lowest BCUT2D eigenvalue weighted by Gasteiger charge is -2.32. The summed E-state index contributed by atoms with van der Waals surface area (Å²) < 4.78 is 32.2. The van der Waals surface area contributed by atoms with Crippen LogP contribution < -0.4 is 9.04 Å². The second-order valence-electron chi connectivity index (χ2n) is 5.05. The standard InChI is InChI=1S/C16H16N2O3S/c1-13-12-18(15-8-5-10-17-16(15)21-13)22(19,20)11-9-14-6-3-2-4-7-14/h2-11,13H,12H2,1H3/b11-9+. The third kappa shape index (κ3) is 2.96. The molecule has 22 heavy (non-hydrogen) atoms. The van der Waals surface area contributed by atoms with Crippen LogP contribution in [0.15, 0.2) is 54.1 Å². The van der Waals surface area contributed by atoms with Gasteiger partial charge in [-0.1, -0.05) is 30.3 Å². The first-order valence-electron chi connectivity index (χ1n) is 6.94. The van der Waals surface area contributed by atoms with Gasteiger partial charge in [-0.25, -0.2) is 13.4 Å². The molecule has 114 valence electrons. The van der Waals surface area contributed by atoms with Crippen LogP contribution in [0.25, 0.3) is 6.08 Å². The Morgan fingerprint density at radius 3 is 2.77 bits per heavy atom. The molecule has 1 aliphatic heterocycles. The topological polar surface area (TPSA) is 59.5 Å². The first kappa shape index (κ1) is 14.6. The van der Waals surface area contributed by atoms with Crippen molar-refractivity contribution in [2.45, 2.75) is 13.0 Å². The zero-order valence-corrected chi connectivity index (χ0v) is 12.9. The number of pyridine rings is 1. The number of hydrogen-bond donors (Lipinski definition) is 0. The van der Waals surface area contributed by atoms with Gasteiger partial charge in [0, 0.05) is 6.20 Å². The van der Waals surface area contributed by atoms with Crippen molar-refractivity contribution in [3.8, 4) is 5.88 Å². The SMILES string of the molecule is CC1CN(S(=O)(=O)/C=C/c2ccccc2)c2cccnc2O1. The maximum Gasteiger partial charge on any atom is 0.257 e. The van der Waals surface area contributed by atoms with E-state index in [-0.39, 0.29) is 12.6 Å². The normalized spacial score (nSPS) is 18.0. The van der Waals surface area contributed by atoms with Crippen molar-refractivity contribution in [3.05, 3.63) is 59.6 Å². The van der Waals surface area contributed by atoms with E-state index in [0.29, 0.717) is 11.6 Å². The van der Waals surface area contributed by atoms with E-state index in [1.807, 2.05) is 37.3 Å². The Hall–Kier alpha value is -2.34. The van der Waals surface area contributed by atoms with Gasteiger partial charge >= 0.3 is 0 Å². The second-order valence-corrected chi connectivity index (χ2v) is 6.79. The van der Waals surface area contributed by atoms with Gasteiger partial charge in [0.15, 0.2) is 0 Å². The molecule has 0 bridgehead atoms. The summed E-state index contributed by atoms with van der Waals surface area (Å²) in [5.74, 6) is 0.345. The lowest BCUT2D eigenvalue weighted by atomic mass is 10.2. The molecule has 1 aromatic heterocycles. The molecule has 1 aromatic carbocycles. The number of anilines is 1. The highest BCUT2D eigenvalue weighted by molar-refractivity contribution is 7.95. The van der Waals surface area contributed by atoms with E-state index in [1.54, 1.807) is 24.4 Å². The van der Waals surface area contributed by atoms with Crippen molar-refractivity contribution >= 4 is 21.8 Å². The van der Waals surface area contributed by atoms with E-state index in [4.69, 9.17) is 4.74 Å². The Morgan fingerprint density at radius 2 is 2.00 bits per heavy atom. The molecule has 0 saturated carbocycles. The maximum absolute atomic E-state index is 12.6. The van der Waals surface area contributed by atoms with Crippen molar-refractivity contribution < 1.29 is 13.2 Å². The molecular formula is C16H16N2O3S. The van der Waals surface area contributed by atoms with Crippen LogP contribution in [0.2, 0.25) is 0 Å². The summed E-state index contributed by atoms with van der Waals surface area (Å²) in [6, 6.07) is 12.7. The van der Waals surface area contributed by atoms with Gasteiger partial charge in [0.25, 0.3) is 10.0 Å². The minimum absolute atomic E-state index is 0.248. The van der Waals surface area contributed by atoms with Gasteiger partial charge < -0.3 is 4.74 Å². The summed E-state index contributed by atoms with van der Waals surface area (Å²) in [5.41, 5.74) is 1.30. The summed E-state index contributed by atoms with van der Waals surface area (Å²) in [6.07, 6.45) is 2.93. The number of sulfonamides is 1. The molecule has 0 saturated heterocycles. The van der Waals surface area contributed by atoms with Crippen LogP contribution in [-0.2, 0) is 10.0 Å². The minimum Gasteiger partial charge on any atom is -0.471 e. The van der Waals surface area contributed by atoms with Gasteiger partial charge in [0.1, 0.15) is 11.8 Å². The van der Waals surface area contributed by atoms with Gasteiger partial charge in [0.05, 0.1) is 12.0 Å². The Balaban J connectivity index is 1.94. The fourth-order valence-corrected chi connectivity index (χ4v) is 3.57. The lowest BCUT2D eigenvalue weighted by molar-refractivity contribution is 0.210. The van der Waals surface area contributed by atoms with E-state index in [9.17, 15) is 8.42 Å². The second kappa shape index (κ2) is 5.81. The molecule has 0 N–H and O–H groups in total. The van der Waals surface area contributed by atoms with Crippen molar-refractivity contribution in [3.63, 3.8) is 0 Å². The highest BCUT2D eigenvalue weighted by Crippen LogP contribution is 2.33. The number of aromatic nitrogens is 1. The summed E-state index contributed by atoms with van der Waals surface area (Å²) in [7, 11) is -3.60. The minimum atomic E-state index is -3.60. The Bertz CT molecular complexity index is 788. The average Bonchev–Trinajstić information content (AvgIpc) is 2.53. The summed E-state index contributed by atoms with van der Waals surface area (Å²) in [5, 5.41) is 1.22. The van der Waals surface area contributed by atoms with Crippen molar-refractivity contribution in [2.24, 2.45) is 0 Å². The number of rotatable bonds is 3. The molecule has 0 radical (unpaired) electrons. The number of benzene rings is 1. The van der Waals surface area contributed by atoms with Gasteiger partial charge in [-0.15, -0.1) is 0 Å². The highest BCUT2D eigenvalue weighted by atomic mass is 32.2. The van der Waals surface area contributed by atoms with Gasteiger partial charge in [-0.05, 0) is 30.7 Å². The zero-order valence-electron chi connectivity index (χ0n) is 12.1. The van der Waals surface area contributed by atoms with Crippen LogP contribution in [0.3, 0.4) is 0 Å². The molecule has 3 rings (SSSR count). The van der Waals surface area contributed by atoms with Crippen LogP contribution in [0.4, 0.5) is 5.69 Å². The average molecular weight is 316 g/mol. The van der Waals surface area contributed by atoms with Crippen molar-refractivity contribution in [1.82, 2.24) is 4.98 Å². The fourth-order valence-electron chi connectivity index (χ4n) is 2.27. The van der Waals surface area contributed by atoms with E-state index < -0.39 is 10.0 Å². The Labute approximate surface area is 129 Å². The van der Waals surface area contributed by atoms with E-state index >= 15 is 0 Å². The molecule has 6 heteroatoms. The molecule has 0 amide bonds. The quantitative estimate of drug-likeness (QED) is 0.873. The molecular weight excluding hydrogens is 300 g/mol. The molecule has 0 aliphatic carbocycles. The molecule has 1 atom stereocenters. The van der Waals surface area contributed by atoms with Crippen LogP contribution in [0, 0.1) is 0 Å². The van der Waals surface area contributed by atoms with E-state index in [0.717, 1.165) is 5.56 Å². The summed E-state index contributed by atoms with van der Waals surface area (Å²) in [6.45, 7) is 2.08. The molecule has 0 spiro atoms. The predicted octanol–water partition coefficient (Wildman–Crippen LogP) is 2.67. The molecule has 1 aliphatic rings. The predicted molar refractivity (Wildman–Crippen MR) is 86.1 cm³/mol. The molecule has 5 nitrogen and oxygen atoms in total. The smallest absolute Gasteiger partial charge is 0.257 e. The van der Waals surface area contributed by atoms with Crippen LogP contribution in [0.5, 0.6) is 5.88 Å². The first-order valence-corrected chi connectivity index (χ1v) is 8.44. The Morgan fingerprint density at radius 1 is 1.23 bits per heavy atom. The van der Waals surface area contributed by atoms with Crippen LogP contribution in [0.1, 0.15) is 12.5 Å². The molecule has 1 unspecified atom stereocenters. The van der Waals surface area contributed by atoms with Crippen molar-refractivity contribution in [2.75, 3.05) is 10.8 Å². The zero-order chi connectivity index (χ0) is 15.6. The summed E-state index contributed by atoms with van der Waals surface area (Å²) in [4.78, 5) is 4.10. The van der Waals surface area contributed by atoms with E-state index in [1.165, 1.54) is 9.71 Å². The number of ether oxygens (including phenoxy) is 1. The van der Waals surface area contributed by atoms with Crippen molar-refractivity contribution in [1.29, 1.82) is 0 Å². The monoisotopic (exact) mass is 316 g/mol. The van der Waals surface area contributed by atoms with Gasteiger partial charge in [-0.2, -0.15) is 0 Å². The van der Waals surface area contributed by atoms with Gasteiger partial charge in [0.2, 0.25) is 5.88 Å². The summed E-state index contributed by atoms with van der Waals surface area (Å²) >= 11 is 0. The Kier molecular flexibility index (Phi) is 3.85. The number of hydrogen-bond acceptors (Lipinski definition) is 4. The molecule has 0 fully saturated rings. The molecule has 2 aromatic rings. The third-order valence-electron chi connectivity index (χ3n) is 3.29. The molecule has 2 heterocycles. The first-order chi connectivity index (χ1) is 10.6. The number of nitrogens with zero attached hydrogens (tertiary/aromatic N) is 2.